The quantitative estimate of drug-likeness (QED) is 0.757. The van der Waals surface area contributed by atoms with Gasteiger partial charge in [-0.1, -0.05) is 18.2 Å². The van der Waals surface area contributed by atoms with Gasteiger partial charge in [-0.3, -0.25) is 0 Å². The Kier molecular flexibility index (Phi) is 2.97. The molecule has 0 unspecified atom stereocenters. The molecule has 0 spiro atoms. The smallest absolute Gasteiger partial charge is 0.123 e. The molecule has 0 fully saturated rings. The van der Waals surface area contributed by atoms with Gasteiger partial charge in [-0.15, -0.1) is 0 Å². The van der Waals surface area contributed by atoms with Crippen LogP contribution in [-0.4, -0.2) is 10.1 Å². The minimum absolute atomic E-state index is 0.0444. The Bertz CT molecular complexity index is 722. The van der Waals surface area contributed by atoms with Crippen LogP contribution in [-0.2, 0) is 6.61 Å². The van der Waals surface area contributed by atoms with Crippen LogP contribution in [0.1, 0.15) is 5.56 Å². The minimum atomic E-state index is -0.271. The van der Waals surface area contributed by atoms with E-state index in [1.165, 1.54) is 12.1 Å². The number of hydrogen-bond donors (Lipinski definition) is 1. The van der Waals surface area contributed by atoms with E-state index in [1.54, 1.807) is 12.1 Å². The number of para-hydroxylation sites is 1. The maximum Gasteiger partial charge on any atom is 0.123 e. The molecule has 0 aliphatic carbocycles. The predicted molar refractivity (Wildman–Crippen MR) is 73.1 cm³/mol. The number of aromatic nitrogens is 1. The highest BCUT2D eigenvalue weighted by Gasteiger charge is 2.06. The van der Waals surface area contributed by atoms with Crippen LogP contribution >= 0.6 is 0 Å². The minimum Gasteiger partial charge on any atom is -0.392 e. The van der Waals surface area contributed by atoms with Crippen LogP contribution in [0, 0.1) is 5.82 Å². The van der Waals surface area contributed by atoms with Crippen LogP contribution in [0.4, 0.5) is 4.39 Å². The molecule has 2 nitrogen and oxygen atoms in total. The Hall–Kier alpha value is -2.26. The second-order valence-corrected chi connectivity index (χ2v) is 4.35. The summed E-state index contributed by atoms with van der Waals surface area (Å²) < 4.78 is 12.9. The summed E-state index contributed by atoms with van der Waals surface area (Å²) in [7, 11) is 0. The van der Waals surface area contributed by atoms with Crippen molar-refractivity contribution in [2.75, 3.05) is 0 Å². The van der Waals surface area contributed by atoms with Crippen LogP contribution in [0.5, 0.6) is 0 Å². The number of hydrogen-bond acceptors (Lipinski definition) is 2. The first-order chi connectivity index (χ1) is 9.28. The van der Waals surface area contributed by atoms with Gasteiger partial charge in [0.15, 0.2) is 0 Å². The van der Waals surface area contributed by atoms with E-state index in [1.807, 2.05) is 30.3 Å². The van der Waals surface area contributed by atoms with Crippen molar-refractivity contribution in [1.82, 2.24) is 4.98 Å². The van der Waals surface area contributed by atoms with E-state index < -0.39 is 0 Å². The summed E-state index contributed by atoms with van der Waals surface area (Å²) in [4.78, 5) is 4.55. The lowest BCUT2D eigenvalue weighted by Crippen LogP contribution is -1.92. The standard InChI is InChI=1S/C16H12FNO/c17-13-7-5-11(6-8-13)16-9-12(10-19)14-3-1-2-4-15(14)18-16/h1-9,19H,10H2. The summed E-state index contributed by atoms with van der Waals surface area (Å²) in [6, 6.07) is 15.7. The van der Waals surface area contributed by atoms with E-state index in [4.69, 9.17) is 0 Å². The van der Waals surface area contributed by atoms with Gasteiger partial charge >= 0.3 is 0 Å². The van der Waals surface area contributed by atoms with E-state index in [2.05, 4.69) is 4.98 Å². The molecule has 2 aromatic carbocycles. The average Bonchev–Trinajstić information content (AvgIpc) is 2.47. The molecule has 0 atom stereocenters. The van der Waals surface area contributed by atoms with Crippen molar-refractivity contribution in [1.29, 1.82) is 0 Å². The maximum absolute atomic E-state index is 12.9. The zero-order valence-electron chi connectivity index (χ0n) is 10.2. The SMILES string of the molecule is OCc1cc(-c2ccc(F)cc2)nc2ccccc12. The Morgan fingerprint density at radius 2 is 1.74 bits per heavy atom. The highest BCUT2D eigenvalue weighted by molar-refractivity contribution is 5.85. The summed E-state index contributed by atoms with van der Waals surface area (Å²) >= 11 is 0. The molecule has 0 saturated heterocycles. The van der Waals surface area contributed by atoms with E-state index >= 15 is 0 Å². The average molecular weight is 253 g/mol. The molecule has 94 valence electrons. The number of nitrogens with zero attached hydrogens (tertiary/aromatic N) is 1. The van der Waals surface area contributed by atoms with Gasteiger partial charge in [0.1, 0.15) is 5.82 Å². The number of benzene rings is 2. The predicted octanol–water partition coefficient (Wildman–Crippen LogP) is 3.53. The van der Waals surface area contributed by atoms with Crippen molar-refractivity contribution in [3.63, 3.8) is 0 Å². The van der Waals surface area contributed by atoms with Gasteiger partial charge in [-0.05, 0) is 42.0 Å². The highest BCUT2D eigenvalue weighted by atomic mass is 19.1. The van der Waals surface area contributed by atoms with Crippen molar-refractivity contribution in [2.24, 2.45) is 0 Å². The molecule has 19 heavy (non-hydrogen) atoms. The molecule has 3 aromatic rings. The Morgan fingerprint density at radius 3 is 2.47 bits per heavy atom. The second-order valence-electron chi connectivity index (χ2n) is 4.35. The number of aliphatic hydroxyl groups excluding tert-OH is 1. The second kappa shape index (κ2) is 4.78. The first kappa shape index (κ1) is 11.8. The number of aliphatic hydroxyl groups is 1. The third kappa shape index (κ3) is 2.20. The molecule has 0 radical (unpaired) electrons. The fraction of sp³-hybridized carbons (Fsp3) is 0.0625. The molecule has 1 heterocycles. The Balaban J connectivity index is 2.22. The van der Waals surface area contributed by atoms with Crippen LogP contribution in [0.2, 0.25) is 0 Å². The summed E-state index contributed by atoms with van der Waals surface area (Å²) in [6.45, 7) is -0.0444. The zero-order valence-corrected chi connectivity index (χ0v) is 10.2. The number of halogens is 1. The first-order valence-corrected chi connectivity index (χ1v) is 6.03. The van der Waals surface area contributed by atoms with Crippen molar-refractivity contribution in [2.45, 2.75) is 6.61 Å². The molecule has 0 amide bonds. The molecule has 1 aromatic heterocycles. The molecular formula is C16H12FNO. The molecule has 0 aliphatic rings. The van der Waals surface area contributed by atoms with E-state index in [9.17, 15) is 9.50 Å². The van der Waals surface area contributed by atoms with E-state index in [0.717, 1.165) is 27.7 Å². The van der Waals surface area contributed by atoms with Crippen molar-refractivity contribution in [3.05, 3.63) is 66.0 Å². The van der Waals surface area contributed by atoms with Gasteiger partial charge in [0.05, 0.1) is 17.8 Å². The maximum atomic E-state index is 12.9. The fourth-order valence-corrected chi connectivity index (χ4v) is 2.15. The molecule has 3 heteroatoms. The highest BCUT2D eigenvalue weighted by Crippen LogP contribution is 2.24. The van der Waals surface area contributed by atoms with Gasteiger partial charge < -0.3 is 5.11 Å². The first-order valence-electron chi connectivity index (χ1n) is 6.03. The summed E-state index contributed by atoms with van der Waals surface area (Å²) in [5.41, 5.74) is 3.22. The van der Waals surface area contributed by atoms with Gasteiger partial charge in [0, 0.05) is 10.9 Å². The summed E-state index contributed by atoms with van der Waals surface area (Å²) in [5, 5.41) is 10.4. The fourth-order valence-electron chi connectivity index (χ4n) is 2.15. The lowest BCUT2D eigenvalue weighted by Gasteiger charge is -2.08. The monoisotopic (exact) mass is 253 g/mol. The molecule has 1 N–H and O–H groups in total. The molecule has 0 bridgehead atoms. The van der Waals surface area contributed by atoms with Crippen molar-refractivity contribution >= 4 is 10.9 Å². The molecule has 0 aliphatic heterocycles. The molecule has 3 rings (SSSR count). The van der Waals surface area contributed by atoms with Crippen LogP contribution in [0.3, 0.4) is 0 Å². The van der Waals surface area contributed by atoms with Crippen LogP contribution in [0.25, 0.3) is 22.2 Å². The summed E-state index contributed by atoms with van der Waals surface area (Å²) in [6.07, 6.45) is 0. The topological polar surface area (TPSA) is 33.1 Å². The van der Waals surface area contributed by atoms with Crippen LogP contribution < -0.4 is 0 Å². The number of fused-ring (bicyclic) bond motifs is 1. The van der Waals surface area contributed by atoms with Crippen molar-refractivity contribution in [3.8, 4) is 11.3 Å². The number of rotatable bonds is 2. The lowest BCUT2D eigenvalue weighted by atomic mass is 10.0. The molecule has 0 saturated carbocycles. The molecular weight excluding hydrogens is 241 g/mol. The van der Waals surface area contributed by atoms with Gasteiger partial charge in [0.2, 0.25) is 0 Å². The van der Waals surface area contributed by atoms with E-state index in [0.29, 0.717) is 0 Å². The normalized spacial score (nSPS) is 10.8. The number of pyridine rings is 1. The summed E-state index contributed by atoms with van der Waals surface area (Å²) in [5.74, 6) is -0.271. The van der Waals surface area contributed by atoms with Gasteiger partial charge in [-0.2, -0.15) is 0 Å². The Labute approximate surface area is 110 Å². The van der Waals surface area contributed by atoms with Crippen LogP contribution in [0.15, 0.2) is 54.6 Å². The van der Waals surface area contributed by atoms with E-state index in [-0.39, 0.29) is 12.4 Å². The third-order valence-electron chi connectivity index (χ3n) is 3.11. The lowest BCUT2D eigenvalue weighted by molar-refractivity contribution is 0.283. The van der Waals surface area contributed by atoms with Crippen molar-refractivity contribution < 1.29 is 9.50 Å². The van der Waals surface area contributed by atoms with Gasteiger partial charge in [0.25, 0.3) is 0 Å². The largest absolute Gasteiger partial charge is 0.392 e. The zero-order chi connectivity index (χ0) is 13.2. The third-order valence-corrected chi connectivity index (χ3v) is 3.11. The Morgan fingerprint density at radius 1 is 1.00 bits per heavy atom. The van der Waals surface area contributed by atoms with Gasteiger partial charge in [-0.25, -0.2) is 9.37 Å².